The van der Waals surface area contributed by atoms with Crippen molar-refractivity contribution in [3.8, 4) is 6.07 Å². The van der Waals surface area contributed by atoms with Crippen LogP contribution in [0.2, 0.25) is 0 Å². The molecule has 1 aromatic heterocycles. The summed E-state index contributed by atoms with van der Waals surface area (Å²) in [7, 11) is 0. The van der Waals surface area contributed by atoms with E-state index < -0.39 is 0 Å². The normalized spacial score (nSPS) is 11.5. The lowest BCUT2D eigenvalue weighted by molar-refractivity contribution is -0.678. The third-order valence-corrected chi connectivity index (χ3v) is 4.94. The Bertz CT molecular complexity index is 905. The van der Waals surface area contributed by atoms with E-state index in [9.17, 15) is 4.79 Å². The number of nitrogens with two attached hydrogens (primary N) is 1. The van der Waals surface area contributed by atoms with Crippen LogP contribution >= 0.6 is 11.8 Å². The minimum Gasteiger partial charge on any atom is -0.463 e. The summed E-state index contributed by atoms with van der Waals surface area (Å²) in [5.41, 5.74) is 1.80. The van der Waals surface area contributed by atoms with Crippen molar-refractivity contribution in [2.24, 2.45) is 0 Å². The molecule has 2 aromatic carbocycles. The lowest BCUT2D eigenvalue weighted by Gasteiger charge is -2.14. The zero-order chi connectivity index (χ0) is 18.9. The van der Waals surface area contributed by atoms with Gasteiger partial charge >= 0.3 is 0 Å². The average Bonchev–Trinajstić information content (AvgIpc) is 3.23. The van der Waals surface area contributed by atoms with Gasteiger partial charge in [0.05, 0.1) is 23.8 Å². The topological polar surface area (TPSA) is 82.6 Å². The van der Waals surface area contributed by atoms with Crippen molar-refractivity contribution < 1.29 is 14.5 Å². The first kappa shape index (κ1) is 18.8. The van der Waals surface area contributed by atoms with Crippen LogP contribution < -0.4 is 10.6 Å². The largest absolute Gasteiger partial charge is 0.463 e. The Hall–Kier alpha value is -3.01. The van der Waals surface area contributed by atoms with Gasteiger partial charge in [0.25, 0.3) is 5.91 Å². The van der Waals surface area contributed by atoms with E-state index in [2.05, 4.69) is 11.4 Å². The smallest absolute Gasteiger partial charge is 0.279 e. The summed E-state index contributed by atoms with van der Waals surface area (Å²) in [5, 5.41) is 13.7. The first-order valence-corrected chi connectivity index (χ1v) is 9.57. The first-order chi connectivity index (χ1) is 13.3. The number of benzene rings is 2. The first-order valence-electron chi connectivity index (χ1n) is 8.58. The number of furan rings is 1. The number of hydrogen-bond donors (Lipinski definition) is 2. The van der Waals surface area contributed by atoms with Gasteiger partial charge < -0.3 is 15.1 Å². The second-order valence-corrected chi connectivity index (χ2v) is 6.85. The number of carbonyl (C=O) groups excluding carboxylic acids is 1. The molecule has 0 aliphatic rings. The van der Waals surface area contributed by atoms with Crippen LogP contribution in [0.4, 0.5) is 5.69 Å². The van der Waals surface area contributed by atoms with Gasteiger partial charge in [-0.05, 0) is 24.3 Å². The third-order valence-electron chi connectivity index (χ3n) is 4.00. The van der Waals surface area contributed by atoms with Crippen LogP contribution in [0.1, 0.15) is 17.4 Å². The summed E-state index contributed by atoms with van der Waals surface area (Å²) in [6.45, 7) is 0.248. The molecule has 0 radical (unpaired) electrons. The highest BCUT2D eigenvalue weighted by molar-refractivity contribution is 7.99. The number of nitrogens with zero attached hydrogens (tertiary/aromatic N) is 1. The predicted molar refractivity (Wildman–Crippen MR) is 105 cm³/mol. The van der Waals surface area contributed by atoms with Gasteiger partial charge in [0, 0.05) is 10.5 Å². The maximum Gasteiger partial charge on any atom is 0.279 e. The number of rotatable bonds is 8. The number of amides is 1. The molecule has 136 valence electrons. The summed E-state index contributed by atoms with van der Waals surface area (Å²) in [5.74, 6) is 1.04. The Morgan fingerprint density at radius 1 is 1.11 bits per heavy atom. The third kappa shape index (κ3) is 5.23. The molecule has 0 saturated carbocycles. The van der Waals surface area contributed by atoms with Gasteiger partial charge in [-0.2, -0.15) is 5.26 Å². The van der Waals surface area contributed by atoms with Crippen molar-refractivity contribution >= 4 is 23.4 Å². The standard InChI is InChI=1S/C21H19N3O2S/c22-12-14-27-19-11-5-4-9-17(19)24-20(25)15-23-21(18-10-6-13-26-18)16-7-2-1-3-8-16/h1-11,13,21,23H,14-15H2,(H,24,25)/p+1/t21-/m0/s1. The fourth-order valence-electron chi connectivity index (χ4n) is 2.78. The highest BCUT2D eigenvalue weighted by atomic mass is 32.2. The summed E-state index contributed by atoms with van der Waals surface area (Å²) in [4.78, 5) is 13.4. The van der Waals surface area contributed by atoms with Crippen molar-refractivity contribution in [3.05, 3.63) is 84.3 Å². The second-order valence-electron chi connectivity index (χ2n) is 5.83. The lowest BCUT2D eigenvalue weighted by atomic mass is 10.0. The van der Waals surface area contributed by atoms with Crippen LogP contribution in [0.3, 0.4) is 0 Å². The molecule has 0 unspecified atom stereocenters. The van der Waals surface area contributed by atoms with Gasteiger partial charge in [0.2, 0.25) is 0 Å². The average molecular weight is 378 g/mol. The van der Waals surface area contributed by atoms with Gasteiger partial charge in [-0.25, -0.2) is 0 Å². The molecule has 0 aliphatic heterocycles. The summed E-state index contributed by atoms with van der Waals surface area (Å²) < 4.78 is 5.57. The van der Waals surface area contributed by atoms with E-state index in [4.69, 9.17) is 9.68 Å². The molecular weight excluding hydrogens is 358 g/mol. The fourth-order valence-corrected chi connectivity index (χ4v) is 3.45. The van der Waals surface area contributed by atoms with Crippen molar-refractivity contribution in [1.29, 1.82) is 5.26 Å². The molecule has 27 heavy (non-hydrogen) atoms. The van der Waals surface area contributed by atoms with E-state index in [0.717, 1.165) is 21.9 Å². The number of quaternary nitrogens is 1. The number of para-hydroxylation sites is 1. The number of carbonyl (C=O) groups is 1. The highest BCUT2D eigenvalue weighted by Gasteiger charge is 2.21. The Morgan fingerprint density at radius 2 is 1.89 bits per heavy atom. The van der Waals surface area contributed by atoms with Gasteiger partial charge in [-0.1, -0.05) is 42.5 Å². The van der Waals surface area contributed by atoms with E-state index in [0.29, 0.717) is 5.75 Å². The molecule has 3 rings (SSSR count). The van der Waals surface area contributed by atoms with Crippen molar-refractivity contribution in [2.45, 2.75) is 10.9 Å². The Morgan fingerprint density at radius 3 is 2.63 bits per heavy atom. The van der Waals surface area contributed by atoms with Gasteiger partial charge in [0.15, 0.2) is 18.3 Å². The van der Waals surface area contributed by atoms with Crippen LogP contribution in [-0.2, 0) is 4.79 Å². The van der Waals surface area contributed by atoms with E-state index in [1.54, 1.807) is 6.26 Å². The molecule has 1 amide bonds. The number of thioether (sulfide) groups is 1. The number of anilines is 1. The molecule has 1 heterocycles. The second kappa shape index (κ2) is 9.62. The number of hydrogen-bond acceptors (Lipinski definition) is 4. The monoisotopic (exact) mass is 378 g/mol. The highest BCUT2D eigenvalue weighted by Crippen LogP contribution is 2.26. The van der Waals surface area contributed by atoms with Crippen LogP contribution in [0, 0.1) is 11.3 Å². The Kier molecular flexibility index (Phi) is 6.69. The maximum absolute atomic E-state index is 12.5. The summed E-state index contributed by atoms with van der Waals surface area (Å²) in [6.07, 6.45) is 1.64. The molecule has 0 saturated heterocycles. The molecule has 5 nitrogen and oxygen atoms in total. The minimum absolute atomic E-state index is 0.0878. The molecule has 3 N–H and O–H groups in total. The fraction of sp³-hybridized carbons (Fsp3) is 0.143. The zero-order valence-electron chi connectivity index (χ0n) is 14.7. The maximum atomic E-state index is 12.5. The number of nitrogens with one attached hydrogen (secondary N) is 1. The molecule has 0 fully saturated rings. The van der Waals surface area contributed by atoms with Gasteiger partial charge in [-0.3, -0.25) is 4.79 Å². The van der Waals surface area contributed by atoms with Crippen molar-refractivity contribution in [2.75, 3.05) is 17.6 Å². The van der Waals surface area contributed by atoms with E-state index in [1.807, 2.05) is 72.0 Å². The summed E-state index contributed by atoms with van der Waals surface area (Å²) >= 11 is 1.41. The SMILES string of the molecule is N#CCSc1ccccc1NC(=O)C[NH2+][C@@H](c1ccccc1)c1ccco1. The molecule has 0 aliphatic carbocycles. The zero-order valence-corrected chi connectivity index (χ0v) is 15.5. The van der Waals surface area contributed by atoms with E-state index in [-0.39, 0.29) is 18.5 Å². The molecule has 0 bridgehead atoms. The quantitative estimate of drug-likeness (QED) is 0.590. The Balaban J connectivity index is 1.66. The van der Waals surface area contributed by atoms with Gasteiger partial charge in [-0.15, -0.1) is 11.8 Å². The number of nitriles is 1. The van der Waals surface area contributed by atoms with Gasteiger partial charge in [0.1, 0.15) is 0 Å². The minimum atomic E-state index is -0.104. The molecular formula is C21H20N3O2S+. The van der Waals surface area contributed by atoms with Crippen LogP contribution in [0.25, 0.3) is 0 Å². The van der Waals surface area contributed by atoms with Crippen LogP contribution in [0.15, 0.2) is 82.3 Å². The predicted octanol–water partition coefficient (Wildman–Crippen LogP) is 3.19. The molecule has 3 aromatic rings. The molecule has 6 heteroatoms. The van der Waals surface area contributed by atoms with Crippen LogP contribution in [-0.4, -0.2) is 18.2 Å². The van der Waals surface area contributed by atoms with Crippen LogP contribution in [0.5, 0.6) is 0 Å². The van der Waals surface area contributed by atoms with E-state index in [1.165, 1.54) is 11.8 Å². The molecule has 0 spiro atoms. The Labute approximate surface area is 162 Å². The van der Waals surface area contributed by atoms with E-state index >= 15 is 0 Å². The van der Waals surface area contributed by atoms with Crippen molar-refractivity contribution in [3.63, 3.8) is 0 Å². The lowest BCUT2D eigenvalue weighted by Crippen LogP contribution is -2.87. The summed E-state index contributed by atoms with van der Waals surface area (Å²) in [6, 6.07) is 23.2. The van der Waals surface area contributed by atoms with Crippen molar-refractivity contribution in [1.82, 2.24) is 0 Å². The molecule has 1 atom stereocenters.